The van der Waals surface area contributed by atoms with Gasteiger partial charge in [0.05, 0.1) is 4.90 Å². The Hall–Kier alpha value is -1.35. The van der Waals surface area contributed by atoms with Crippen molar-refractivity contribution in [1.82, 2.24) is 0 Å². The second kappa shape index (κ2) is 3.42. The number of hydrogen-bond donors (Lipinski definition) is 1. The van der Waals surface area contributed by atoms with Gasteiger partial charge in [-0.25, -0.2) is 8.42 Å². The van der Waals surface area contributed by atoms with E-state index in [-0.39, 0.29) is 0 Å². The molecule has 2 aromatic carbocycles. The van der Waals surface area contributed by atoms with Crippen molar-refractivity contribution in [3.63, 3.8) is 0 Å². The van der Waals surface area contributed by atoms with Gasteiger partial charge in [0.15, 0.2) is 10.7 Å². The van der Waals surface area contributed by atoms with E-state index in [4.69, 9.17) is 0 Å². The molecule has 0 aromatic heterocycles. The van der Waals surface area contributed by atoms with Crippen LogP contribution < -0.4 is 0 Å². The van der Waals surface area contributed by atoms with E-state index in [2.05, 4.69) is 0 Å². The normalized spacial score (nSPS) is 11.0. The summed E-state index contributed by atoms with van der Waals surface area (Å²) in [6.45, 7) is 1.98. The van der Waals surface area contributed by atoms with Crippen LogP contribution in [-0.2, 0) is 10.7 Å². The fraction of sp³-hybridized carbons (Fsp3) is 0.0909. The monoisotopic (exact) mass is 206 g/mol. The second-order valence-corrected chi connectivity index (χ2v) is 4.20. The van der Waals surface area contributed by atoms with E-state index in [1.165, 1.54) is 0 Å². The molecule has 0 aliphatic rings. The van der Waals surface area contributed by atoms with Crippen LogP contribution in [0, 0.1) is 6.92 Å². The minimum Gasteiger partial charge on any atom is -0.227 e. The molecule has 2 nitrogen and oxygen atoms in total. The highest BCUT2D eigenvalue weighted by Crippen LogP contribution is 2.22. The SMILES string of the molecule is Cc1ccc([SH](=O)=O)c2ccccc12. The lowest BCUT2D eigenvalue weighted by molar-refractivity contribution is 0.615. The van der Waals surface area contributed by atoms with Crippen LogP contribution in [0.4, 0.5) is 0 Å². The third kappa shape index (κ3) is 1.40. The molecule has 2 rings (SSSR count). The Labute approximate surface area is 84.1 Å². The van der Waals surface area contributed by atoms with E-state index < -0.39 is 10.7 Å². The van der Waals surface area contributed by atoms with E-state index in [1.54, 1.807) is 6.07 Å². The Morgan fingerprint density at radius 3 is 2.21 bits per heavy atom. The highest BCUT2D eigenvalue weighted by molar-refractivity contribution is 7.72. The van der Waals surface area contributed by atoms with Gasteiger partial charge in [-0.2, -0.15) is 0 Å². The molecule has 0 bridgehead atoms. The molecule has 0 fully saturated rings. The Kier molecular flexibility index (Phi) is 2.25. The molecule has 0 amide bonds. The van der Waals surface area contributed by atoms with Gasteiger partial charge in [0.2, 0.25) is 0 Å². The Morgan fingerprint density at radius 1 is 0.929 bits per heavy atom. The Bertz CT molecular complexity index is 548. The van der Waals surface area contributed by atoms with Crippen LogP contribution in [0.15, 0.2) is 41.3 Å². The molecular weight excluding hydrogens is 196 g/mol. The molecule has 0 unspecified atom stereocenters. The lowest BCUT2D eigenvalue weighted by Crippen LogP contribution is -1.85. The summed E-state index contributed by atoms with van der Waals surface area (Å²) in [5, 5.41) is 1.81. The molecule has 2 aromatic rings. The highest BCUT2D eigenvalue weighted by atomic mass is 32.2. The van der Waals surface area contributed by atoms with Crippen molar-refractivity contribution in [2.45, 2.75) is 11.8 Å². The molecule has 0 atom stereocenters. The number of rotatable bonds is 1. The van der Waals surface area contributed by atoms with Crippen molar-refractivity contribution >= 4 is 21.5 Å². The number of aryl methyl sites for hydroxylation is 1. The first kappa shape index (κ1) is 9.21. The third-order valence-corrected chi connectivity index (χ3v) is 3.10. The zero-order chi connectivity index (χ0) is 10.1. The zero-order valence-electron chi connectivity index (χ0n) is 7.73. The van der Waals surface area contributed by atoms with Gasteiger partial charge in [-0.3, -0.25) is 0 Å². The van der Waals surface area contributed by atoms with Gasteiger partial charge in [-0.05, 0) is 23.9 Å². The third-order valence-electron chi connectivity index (χ3n) is 2.32. The Morgan fingerprint density at radius 2 is 1.57 bits per heavy atom. The quantitative estimate of drug-likeness (QED) is 0.725. The van der Waals surface area contributed by atoms with Crippen molar-refractivity contribution in [2.75, 3.05) is 0 Å². The topological polar surface area (TPSA) is 34.1 Å². The molecule has 0 saturated carbocycles. The van der Waals surface area contributed by atoms with Gasteiger partial charge in [0, 0.05) is 5.39 Å². The van der Waals surface area contributed by atoms with Crippen LogP contribution in [0.3, 0.4) is 0 Å². The van der Waals surface area contributed by atoms with E-state index in [0.717, 1.165) is 16.3 Å². The average Bonchev–Trinajstić information content (AvgIpc) is 2.18. The maximum atomic E-state index is 11.0. The van der Waals surface area contributed by atoms with Gasteiger partial charge in [0.1, 0.15) is 0 Å². The first-order valence-electron chi connectivity index (χ1n) is 4.33. The summed E-state index contributed by atoms with van der Waals surface area (Å²) >= 11 is 0. The minimum atomic E-state index is -2.51. The minimum absolute atomic E-state index is 0.404. The van der Waals surface area contributed by atoms with Gasteiger partial charge < -0.3 is 0 Å². The van der Waals surface area contributed by atoms with Crippen LogP contribution in [0.5, 0.6) is 0 Å². The summed E-state index contributed by atoms with van der Waals surface area (Å²) in [4.78, 5) is 0.404. The lowest BCUT2D eigenvalue weighted by Gasteiger charge is -2.03. The molecule has 72 valence electrons. The Balaban J connectivity index is 2.95. The van der Waals surface area contributed by atoms with Crippen LogP contribution in [0.1, 0.15) is 5.56 Å². The van der Waals surface area contributed by atoms with E-state index >= 15 is 0 Å². The molecule has 0 spiro atoms. The molecule has 14 heavy (non-hydrogen) atoms. The van der Waals surface area contributed by atoms with E-state index in [0.29, 0.717) is 4.90 Å². The van der Waals surface area contributed by atoms with Crippen molar-refractivity contribution in [1.29, 1.82) is 0 Å². The standard InChI is InChI=1S/C11H10O2S/c1-8-6-7-11(14(12)13)10-5-3-2-4-9(8)10/h2-7,14H,1H3. The van der Waals surface area contributed by atoms with Crippen molar-refractivity contribution in [3.8, 4) is 0 Å². The summed E-state index contributed by atoms with van der Waals surface area (Å²) in [5.74, 6) is 0. The van der Waals surface area contributed by atoms with Gasteiger partial charge >= 0.3 is 0 Å². The summed E-state index contributed by atoms with van der Waals surface area (Å²) in [5.41, 5.74) is 1.10. The van der Waals surface area contributed by atoms with Gasteiger partial charge in [0.25, 0.3) is 0 Å². The fourth-order valence-electron chi connectivity index (χ4n) is 1.59. The predicted molar refractivity (Wildman–Crippen MR) is 57.3 cm³/mol. The fourth-order valence-corrected chi connectivity index (χ4v) is 2.18. The summed E-state index contributed by atoms with van der Waals surface area (Å²) in [6.07, 6.45) is 0. The maximum Gasteiger partial charge on any atom is 0.168 e. The number of hydrogen-bond acceptors (Lipinski definition) is 2. The maximum absolute atomic E-state index is 11.0. The summed E-state index contributed by atoms with van der Waals surface area (Å²) < 4.78 is 21.9. The smallest absolute Gasteiger partial charge is 0.168 e. The highest BCUT2D eigenvalue weighted by Gasteiger charge is 2.03. The van der Waals surface area contributed by atoms with Gasteiger partial charge in [-0.15, -0.1) is 0 Å². The second-order valence-electron chi connectivity index (χ2n) is 3.20. The largest absolute Gasteiger partial charge is 0.227 e. The average molecular weight is 206 g/mol. The van der Waals surface area contributed by atoms with Crippen molar-refractivity contribution in [2.24, 2.45) is 0 Å². The first-order valence-corrected chi connectivity index (χ1v) is 5.50. The summed E-state index contributed by atoms with van der Waals surface area (Å²) in [6, 6.07) is 11.0. The van der Waals surface area contributed by atoms with Crippen LogP contribution in [0.2, 0.25) is 0 Å². The van der Waals surface area contributed by atoms with E-state index in [1.807, 2.05) is 37.3 Å². The first-order chi connectivity index (χ1) is 6.70. The molecular formula is C11H10O2S. The molecule has 0 aliphatic heterocycles. The lowest BCUT2D eigenvalue weighted by atomic mass is 10.1. The molecule has 0 radical (unpaired) electrons. The molecule has 0 saturated heterocycles. The summed E-state index contributed by atoms with van der Waals surface area (Å²) in [7, 11) is -2.51. The van der Waals surface area contributed by atoms with Gasteiger partial charge in [-0.1, -0.05) is 30.3 Å². The number of thiol groups is 1. The number of fused-ring (bicyclic) bond motifs is 1. The van der Waals surface area contributed by atoms with Crippen molar-refractivity contribution < 1.29 is 8.42 Å². The molecule has 3 heteroatoms. The zero-order valence-corrected chi connectivity index (χ0v) is 8.62. The molecule has 0 aliphatic carbocycles. The van der Waals surface area contributed by atoms with Crippen LogP contribution in [0.25, 0.3) is 10.8 Å². The van der Waals surface area contributed by atoms with Crippen LogP contribution >= 0.6 is 0 Å². The van der Waals surface area contributed by atoms with Crippen LogP contribution in [-0.4, -0.2) is 8.42 Å². The number of benzene rings is 2. The molecule has 0 heterocycles. The predicted octanol–water partition coefficient (Wildman–Crippen LogP) is 2.12. The van der Waals surface area contributed by atoms with E-state index in [9.17, 15) is 8.42 Å². The molecule has 0 N–H and O–H groups in total. The van der Waals surface area contributed by atoms with Crippen molar-refractivity contribution in [3.05, 3.63) is 42.0 Å².